The van der Waals surface area contributed by atoms with Crippen molar-refractivity contribution in [2.24, 2.45) is 5.92 Å². The van der Waals surface area contributed by atoms with Gasteiger partial charge in [0.15, 0.2) is 5.78 Å². The van der Waals surface area contributed by atoms with E-state index in [1.807, 2.05) is 6.92 Å². The van der Waals surface area contributed by atoms with Gasteiger partial charge in [-0.05, 0) is 32.6 Å². The monoisotopic (exact) mass is 168 g/mol. The van der Waals surface area contributed by atoms with Crippen molar-refractivity contribution in [1.82, 2.24) is 0 Å². The molecule has 2 atom stereocenters. The first-order valence-corrected chi connectivity index (χ1v) is 4.96. The van der Waals surface area contributed by atoms with Crippen LogP contribution in [0.2, 0.25) is 0 Å². The third-order valence-electron chi connectivity index (χ3n) is 3.06. The molecule has 1 aliphatic heterocycles. The molecular weight excluding hydrogens is 152 g/mol. The minimum atomic E-state index is -0.0506. The van der Waals surface area contributed by atoms with Crippen molar-refractivity contribution in [3.8, 4) is 0 Å². The molecule has 1 heterocycles. The first-order valence-electron chi connectivity index (χ1n) is 4.96. The fraction of sp³-hybridized carbons (Fsp3) is 0.900. The van der Waals surface area contributed by atoms with Crippen LogP contribution in [0.4, 0.5) is 0 Å². The van der Waals surface area contributed by atoms with Gasteiger partial charge in [0, 0.05) is 5.92 Å². The molecule has 0 spiro atoms. The quantitative estimate of drug-likeness (QED) is 0.629. The number of hydrogen-bond donors (Lipinski definition) is 0. The highest BCUT2D eigenvalue weighted by atomic mass is 16.5. The molecule has 0 aromatic heterocycles. The van der Waals surface area contributed by atoms with Crippen molar-refractivity contribution in [2.45, 2.75) is 51.2 Å². The van der Waals surface area contributed by atoms with E-state index in [2.05, 4.69) is 0 Å². The van der Waals surface area contributed by atoms with Crippen molar-refractivity contribution in [3.05, 3.63) is 0 Å². The van der Waals surface area contributed by atoms with E-state index in [9.17, 15) is 4.79 Å². The molecule has 12 heavy (non-hydrogen) atoms. The summed E-state index contributed by atoms with van der Waals surface area (Å²) in [5, 5.41) is 0. The molecule has 2 unspecified atom stereocenters. The summed E-state index contributed by atoms with van der Waals surface area (Å²) in [5.41, 5.74) is 0. The van der Waals surface area contributed by atoms with Crippen LogP contribution in [0.5, 0.6) is 0 Å². The molecule has 0 radical (unpaired) electrons. The Hall–Kier alpha value is -0.370. The Morgan fingerprint density at radius 2 is 2.00 bits per heavy atom. The second-order valence-electron chi connectivity index (χ2n) is 4.04. The van der Waals surface area contributed by atoms with Gasteiger partial charge in [-0.15, -0.1) is 0 Å². The van der Waals surface area contributed by atoms with Gasteiger partial charge < -0.3 is 4.74 Å². The van der Waals surface area contributed by atoms with Crippen molar-refractivity contribution in [2.75, 3.05) is 0 Å². The van der Waals surface area contributed by atoms with Crippen molar-refractivity contribution in [3.63, 3.8) is 0 Å². The van der Waals surface area contributed by atoms with Crippen LogP contribution in [-0.2, 0) is 9.53 Å². The smallest absolute Gasteiger partial charge is 0.164 e. The Labute approximate surface area is 73.3 Å². The maximum absolute atomic E-state index is 11.6. The highest BCUT2D eigenvalue weighted by Gasteiger charge is 2.35. The molecule has 0 aromatic carbocycles. The van der Waals surface area contributed by atoms with Crippen LogP contribution in [0, 0.1) is 5.92 Å². The van der Waals surface area contributed by atoms with E-state index in [4.69, 9.17) is 4.74 Å². The van der Waals surface area contributed by atoms with Gasteiger partial charge in [0.2, 0.25) is 0 Å². The van der Waals surface area contributed by atoms with E-state index >= 15 is 0 Å². The van der Waals surface area contributed by atoms with Gasteiger partial charge in [-0.25, -0.2) is 0 Å². The number of carbonyl (C=O) groups is 1. The van der Waals surface area contributed by atoms with Gasteiger partial charge in [-0.1, -0.05) is 6.42 Å². The molecule has 1 saturated heterocycles. The molecule has 0 aromatic rings. The van der Waals surface area contributed by atoms with E-state index < -0.39 is 0 Å². The molecule has 1 aliphatic carbocycles. The molecule has 2 rings (SSSR count). The fourth-order valence-electron chi connectivity index (χ4n) is 1.97. The van der Waals surface area contributed by atoms with Gasteiger partial charge >= 0.3 is 0 Å². The molecule has 68 valence electrons. The first-order chi connectivity index (χ1) is 5.77. The number of ketones is 1. The van der Waals surface area contributed by atoms with Crippen LogP contribution in [0.15, 0.2) is 0 Å². The van der Waals surface area contributed by atoms with E-state index in [1.165, 1.54) is 6.42 Å². The van der Waals surface area contributed by atoms with E-state index in [-0.39, 0.29) is 6.10 Å². The lowest BCUT2D eigenvalue weighted by Gasteiger charge is -2.26. The lowest BCUT2D eigenvalue weighted by molar-refractivity contribution is -0.136. The molecule has 0 amide bonds. The Morgan fingerprint density at radius 1 is 1.25 bits per heavy atom. The van der Waals surface area contributed by atoms with Crippen molar-refractivity contribution in [1.29, 1.82) is 0 Å². The number of ether oxygens (including phenoxy) is 1. The summed E-state index contributed by atoms with van der Waals surface area (Å²) in [4.78, 5) is 11.6. The van der Waals surface area contributed by atoms with Crippen LogP contribution >= 0.6 is 0 Å². The molecular formula is C10H16O2. The van der Waals surface area contributed by atoms with Crippen LogP contribution in [0.3, 0.4) is 0 Å². The van der Waals surface area contributed by atoms with Gasteiger partial charge in [-0.2, -0.15) is 0 Å². The predicted molar refractivity (Wildman–Crippen MR) is 45.9 cm³/mol. The lowest BCUT2D eigenvalue weighted by Crippen LogP contribution is -2.32. The molecule has 2 fully saturated rings. The minimum absolute atomic E-state index is 0.0506. The van der Waals surface area contributed by atoms with Gasteiger partial charge in [0.25, 0.3) is 0 Å². The number of rotatable bonds is 2. The minimum Gasteiger partial charge on any atom is -0.367 e. The second-order valence-corrected chi connectivity index (χ2v) is 4.04. The number of hydrogen-bond acceptors (Lipinski definition) is 2. The molecule has 2 nitrogen and oxygen atoms in total. The molecule has 1 saturated carbocycles. The van der Waals surface area contributed by atoms with Gasteiger partial charge in [0.05, 0.1) is 6.10 Å². The third-order valence-corrected chi connectivity index (χ3v) is 3.06. The zero-order valence-corrected chi connectivity index (χ0v) is 7.58. The van der Waals surface area contributed by atoms with Crippen LogP contribution in [0.25, 0.3) is 0 Å². The Balaban J connectivity index is 1.87. The maximum Gasteiger partial charge on any atom is 0.164 e. The summed E-state index contributed by atoms with van der Waals surface area (Å²) in [6.07, 6.45) is 5.71. The highest BCUT2D eigenvalue weighted by molar-refractivity contribution is 5.86. The maximum atomic E-state index is 11.6. The van der Waals surface area contributed by atoms with Gasteiger partial charge in [0.1, 0.15) is 6.10 Å². The number of carbonyl (C=O) groups excluding carboxylic acids is 1. The standard InChI is InChI=1S/C10H16O2/c1-7-5-6-9(12-7)10(11)8-3-2-4-8/h7-9H,2-6H2,1H3. The summed E-state index contributed by atoms with van der Waals surface area (Å²) in [7, 11) is 0. The largest absolute Gasteiger partial charge is 0.367 e. The second kappa shape index (κ2) is 3.17. The SMILES string of the molecule is CC1CCC(C(=O)C2CCC2)O1. The average Bonchev–Trinajstić information content (AvgIpc) is 2.31. The first kappa shape index (κ1) is 8.24. The van der Waals surface area contributed by atoms with E-state index in [0.717, 1.165) is 25.7 Å². The van der Waals surface area contributed by atoms with Crippen LogP contribution < -0.4 is 0 Å². The summed E-state index contributed by atoms with van der Waals surface area (Å²) in [6.45, 7) is 2.05. The van der Waals surface area contributed by atoms with Gasteiger partial charge in [-0.3, -0.25) is 4.79 Å². The zero-order chi connectivity index (χ0) is 8.55. The molecule has 0 bridgehead atoms. The molecule has 2 aliphatic rings. The Bertz CT molecular complexity index is 184. The molecule has 0 N–H and O–H groups in total. The van der Waals surface area contributed by atoms with E-state index in [1.54, 1.807) is 0 Å². The van der Waals surface area contributed by atoms with Crippen LogP contribution in [0.1, 0.15) is 39.0 Å². The summed E-state index contributed by atoms with van der Waals surface area (Å²) < 4.78 is 5.53. The fourth-order valence-corrected chi connectivity index (χ4v) is 1.97. The van der Waals surface area contributed by atoms with Crippen LogP contribution in [-0.4, -0.2) is 18.0 Å². The zero-order valence-electron chi connectivity index (χ0n) is 7.58. The van der Waals surface area contributed by atoms with E-state index in [0.29, 0.717) is 17.8 Å². The van der Waals surface area contributed by atoms with Crippen molar-refractivity contribution < 1.29 is 9.53 Å². The molecule has 2 heteroatoms. The summed E-state index contributed by atoms with van der Waals surface area (Å²) in [6, 6.07) is 0. The predicted octanol–water partition coefficient (Wildman–Crippen LogP) is 1.92. The highest BCUT2D eigenvalue weighted by Crippen LogP contribution is 2.32. The Morgan fingerprint density at radius 3 is 2.42 bits per heavy atom. The lowest BCUT2D eigenvalue weighted by atomic mass is 9.80. The normalized spacial score (nSPS) is 36.4. The number of Topliss-reactive ketones (excluding diaryl/α,β-unsaturated/α-hetero) is 1. The average molecular weight is 168 g/mol. The van der Waals surface area contributed by atoms with Crippen molar-refractivity contribution >= 4 is 5.78 Å². The summed E-state index contributed by atoms with van der Waals surface area (Å²) >= 11 is 0. The Kier molecular flexibility index (Phi) is 2.18. The third kappa shape index (κ3) is 1.40. The topological polar surface area (TPSA) is 26.3 Å². The summed E-state index contributed by atoms with van der Waals surface area (Å²) in [5.74, 6) is 0.728.